The van der Waals surface area contributed by atoms with Gasteiger partial charge < -0.3 is 19.4 Å². The molecule has 162 valence electrons. The molecule has 1 fully saturated rings. The van der Waals surface area contributed by atoms with Gasteiger partial charge in [0.2, 0.25) is 0 Å². The smallest absolute Gasteiger partial charge is 0.287 e. The van der Waals surface area contributed by atoms with Gasteiger partial charge in [-0.05, 0) is 36.4 Å². The largest absolute Gasteiger partial charge is 0.489 e. The van der Waals surface area contributed by atoms with Crippen molar-refractivity contribution in [2.24, 2.45) is 0 Å². The van der Waals surface area contributed by atoms with Crippen molar-refractivity contribution in [2.45, 2.75) is 19.7 Å². The van der Waals surface area contributed by atoms with E-state index in [2.05, 4.69) is 46.4 Å². The molecule has 3 aromatic rings. The maximum Gasteiger partial charge on any atom is 0.287 e. The zero-order valence-corrected chi connectivity index (χ0v) is 17.9. The number of likely N-dealkylation sites (N-methyl/N-ethyl adjacent to an activating group) is 1. The lowest BCUT2D eigenvalue weighted by Gasteiger charge is -2.32. The molecular weight excluding hydrogens is 390 g/mol. The van der Waals surface area contributed by atoms with Gasteiger partial charge in [-0.15, -0.1) is 0 Å². The van der Waals surface area contributed by atoms with Crippen LogP contribution in [0.1, 0.15) is 27.2 Å². The van der Waals surface area contributed by atoms with Crippen molar-refractivity contribution in [1.29, 1.82) is 0 Å². The van der Waals surface area contributed by atoms with Crippen molar-refractivity contribution in [3.05, 3.63) is 89.4 Å². The standard InChI is InChI=1S/C25H29N3O3/c1-27-12-14-28(15-13-27)18-21-9-7-20(8-10-21)17-26-25(29)24-22(11-16-30-24)19-31-23-5-3-2-4-6-23/h2-11,16H,12-15,17-19H2,1H3,(H,26,29). The van der Waals surface area contributed by atoms with Gasteiger partial charge in [0.25, 0.3) is 5.91 Å². The fourth-order valence-corrected chi connectivity index (χ4v) is 3.62. The molecule has 0 aliphatic carbocycles. The SMILES string of the molecule is CN1CCN(Cc2ccc(CNC(=O)c3occc3COc3ccccc3)cc2)CC1. The number of ether oxygens (including phenoxy) is 1. The summed E-state index contributed by atoms with van der Waals surface area (Å²) < 4.78 is 11.2. The number of piperazine rings is 1. The Morgan fingerprint density at radius 1 is 0.968 bits per heavy atom. The summed E-state index contributed by atoms with van der Waals surface area (Å²) in [5.41, 5.74) is 3.08. The van der Waals surface area contributed by atoms with Crippen LogP contribution in [0.3, 0.4) is 0 Å². The maximum atomic E-state index is 12.6. The summed E-state index contributed by atoms with van der Waals surface area (Å²) in [7, 11) is 2.17. The predicted octanol–water partition coefficient (Wildman–Crippen LogP) is 3.54. The topological polar surface area (TPSA) is 58.0 Å². The summed E-state index contributed by atoms with van der Waals surface area (Å²) >= 11 is 0. The first kappa shape index (κ1) is 21.2. The van der Waals surface area contributed by atoms with Crippen molar-refractivity contribution >= 4 is 5.91 Å². The van der Waals surface area contributed by atoms with Crippen LogP contribution < -0.4 is 10.1 Å². The van der Waals surface area contributed by atoms with E-state index in [-0.39, 0.29) is 12.5 Å². The molecule has 1 aromatic heterocycles. The first-order valence-corrected chi connectivity index (χ1v) is 10.7. The molecule has 0 bridgehead atoms. The van der Waals surface area contributed by atoms with Crippen molar-refractivity contribution in [2.75, 3.05) is 33.2 Å². The zero-order valence-electron chi connectivity index (χ0n) is 17.9. The average Bonchev–Trinajstić information content (AvgIpc) is 3.28. The first-order chi connectivity index (χ1) is 15.2. The summed E-state index contributed by atoms with van der Waals surface area (Å²) in [5, 5.41) is 2.94. The summed E-state index contributed by atoms with van der Waals surface area (Å²) in [5.74, 6) is 0.813. The van der Waals surface area contributed by atoms with Crippen LogP contribution in [0.15, 0.2) is 71.3 Å². The Labute approximate surface area is 183 Å². The minimum absolute atomic E-state index is 0.238. The summed E-state index contributed by atoms with van der Waals surface area (Å²) in [4.78, 5) is 17.4. The monoisotopic (exact) mass is 419 g/mol. The van der Waals surface area contributed by atoms with Gasteiger partial charge in [0.1, 0.15) is 12.4 Å². The number of amides is 1. The van der Waals surface area contributed by atoms with E-state index in [0.717, 1.165) is 49.6 Å². The van der Waals surface area contributed by atoms with Gasteiger partial charge in [-0.3, -0.25) is 9.69 Å². The summed E-state index contributed by atoms with van der Waals surface area (Å²) in [6, 6.07) is 19.7. The van der Waals surface area contributed by atoms with Crippen LogP contribution >= 0.6 is 0 Å². The van der Waals surface area contributed by atoms with Gasteiger partial charge in [-0.2, -0.15) is 0 Å². The van der Waals surface area contributed by atoms with E-state index in [1.807, 2.05) is 30.3 Å². The van der Waals surface area contributed by atoms with E-state index in [9.17, 15) is 4.79 Å². The van der Waals surface area contributed by atoms with Crippen molar-refractivity contribution in [1.82, 2.24) is 15.1 Å². The molecule has 2 heterocycles. The molecule has 2 aromatic carbocycles. The van der Waals surface area contributed by atoms with E-state index >= 15 is 0 Å². The van der Waals surface area contributed by atoms with Gasteiger partial charge in [-0.1, -0.05) is 42.5 Å². The second kappa shape index (κ2) is 10.3. The van der Waals surface area contributed by atoms with Crippen LogP contribution in [-0.4, -0.2) is 48.9 Å². The molecule has 31 heavy (non-hydrogen) atoms. The van der Waals surface area contributed by atoms with Crippen LogP contribution in [0.5, 0.6) is 5.75 Å². The number of para-hydroxylation sites is 1. The van der Waals surface area contributed by atoms with E-state index in [1.54, 1.807) is 6.07 Å². The molecule has 4 rings (SSSR count). The molecule has 0 spiro atoms. The Hall–Kier alpha value is -3.09. The van der Waals surface area contributed by atoms with Crippen molar-refractivity contribution in [3.8, 4) is 5.75 Å². The number of rotatable bonds is 8. The van der Waals surface area contributed by atoms with Crippen LogP contribution in [0.25, 0.3) is 0 Å². The number of carbonyl (C=O) groups excluding carboxylic acids is 1. The number of hydrogen-bond acceptors (Lipinski definition) is 5. The van der Waals surface area contributed by atoms with Crippen LogP contribution in [0.2, 0.25) is 0 Å². The third-order valence-corrected chi connectivity index (χ3v) is 5.57. The van der Waals surface area contributed by atoms with Crippen molar-refractivity contribution < 1.29 is 13.9 Å². The van der Waals surface area contributed by atoms with Gasteiger partial charge in [0.15, 0.2) is 5.76 Å². The molecule has 1 aliphatic heterocycles. The zero-order chi connectivity index (χ0) is 21.5. The van der Waals surface area contributed by atoms with Crippen molar-refractivity contribution in [3.63, 3.8) is 0 Å². The summed E-state index contributed by atoms with van der Waals surface area (Å²) in [6.45, 7) is 6.15. The molecule has 6 nitrogen and oxygen atoms in total. The van der Waals surface area contributed by atoms with E-state index in [1.165, 1.54) is 11.8 Å². The number of furan rings is 1. The van der Waals surface area contributed by atoms with Gasteiger partial charge in [0.05, 0.1) is 6.26 Å². The Morgan fingerprint density at radius 2 is 1.68 bits per heavy atom. The molecule has 6 heteroatoms. The lowest BCUT2D eigenvalue weighted by molar-refractivity contribution is 0.0919. The lowest BCUT2D eigenvalue weighted by Crippen LogP contribution is -2.43. The number of hydrogen-bond donors (Lipinski definition) is 1. The Morgan fingerprint density at radius 3 is 2.42 bits per heavy atom. The Balaban J connectivity index is 1.26. The quantitative estimate of drug-likeness (QED) is 0.605. The molecule has 0 unspecified atom stereocenters. The highest BCUT2D eigenvalue weighted by Crippen LogP contribution is 2.16. The molecule has 1 N–H and O–H groups in total. The summed E-state index contributed by atoms with van der Waals surface area (Å²) in [6.07, 6.45) is 1.52. The van der Waals surface area contributed by atoms with E-state index in [0.29, 0.717) is 12.3 Å². The Kier molecular flexibility index (Phi) is 7.02. The molecule has 1 saturated heterocycles. The lowest BCUT2D eigenvalue weighted by atomic mass is 10.1. The highest BCUT2D eigenvalue weighted by molar-refractivity contribution is 5.92. The van der Waals surface area contributed by atoms with Gasteiger partial charge in [0, 0.05) is 44.8 Å². The highest BCUT2D eigenvalue weighted by atomic mass is 16.5. The molecular formula is C25H29N3O3. The third-order valence-electron chi connectivity index (χ3n) is 5.57. The van der Waals surface area contributed by atoms with Crippen LogP contribution in [-0.2, 0) is 19.7 Å². The molecule has 0 atom stereocenters. The second-order valence-electron chi connectivity index (χ2n) is 7.96. The number of nitrogens with one attached hydrogen (secondary N) is 1. The fourth-order valence-electron chi connectivity index (χ4n) is 3.62. The van der Waals surface area contributed by atoms with Gasteiger partial charge >= 0.3 is 0 Å². The molecule has 1 aliphatic rings. The number of benzene rings is 2. The predicted molar refractivity (Wildman–Crippen MR) is 120 cm³/mol. The highest BCUT2D eigenvalue weighted by Gasteiger charge is 2.16. The Bertz CT molecular complexity index is 961. The van der Waals surface area contributed by atoms with Crippen LogP contribution in [0.4, 0.5) is 0 Å². The minimum Gasteiger partial charge on any atom is -0.489 e. The minimum atomic E-state index is -0.238. The molecule has 0 radical (unpaired) electrons. The maximum absolute atomic E-state index is 12.6. The average molecular weight is 420 g/mol. The number of carbonyl (C=O) groups is 1. The van der Waals surface area contributed by atoms with Crippen LogP contribution in [0, 0.1) is 0 Å². The second-order valence-corrected chi connectivity index (χ2v) is 7.96. The van der Waals surface area contributed by atoms with E-state index < -0.39 is 0 Å². The molecule has 1 amide bonds. The third kappa shape index (κ3) is 5.96. The van der Waals surface area contributed by atoms with E-state index in [4.69, 9.17) is 9.15 Å². The fraction of sp³-hybridized carbons (Fsp3) is 0.320. The first-order valence-electron chi connectivity index (χ1n) is 10.7. The number of nitrogens with zero attached hydrogens (tertiary/aromatic N) is 2. The molecule has 0 saturated carbocycles. The normalized spacial score (nSPS) is 15.0. The van der Waals surface area contributed by atoms with Gasteiger partial charge in [-0.25, -0.2) is 0 Å².